The minimum absolute atomic E-state index is 0. The summed E-state index contributed by atoms with van der Waals surface area (Å²) < 4.78 is 25.0. The summed E-state index contributed by atoms with van der Waals surface area (Å²) in [6, 6.07) is 15.3. The molecule has 0 aliphatic rings. The second kappa shape index (κ2) is 19.2. The summed E-state index contributed by atoms with van der Waals surface area (Å²) in [5.41, 5.74) is 4.22. The van der Waals surface area contributed by atoms with Crippen molar-refractivity contribution in [3.63, 3.8) is 0 Å². The van der Waals surface area contributed by atoms with Crippen molar-refractivity contribution in [2.24, 2.45) is 0 Å². The lowest BCUT2D eigenvalue weighted by atomic mass is 10.1. The number of halogens is 4. The van der Waals surface area contributed by atoms with E-state index in [0.29, 0.717) is 13.1 Å². The molecule has 0 aliphatic carbocycles. The van der Waals surface area contributed by atoms with Gasteiger partial charge in [0.1, 0.15) is 12.3 Å². The zero-order valence-electron chi connectivity index (χ0n) is 20.9. The number of aryl methyl sites for hydroxylation is 2. The van der Waals surface area contributed by atoms with Gasteiger partial charge in [0, 0.05) is 49.1 Å². The average Bonchev–Trinajstić information content (AvgIpc) is 2.87. The largest absolute Gasteiger partial charge is 1.00 e. The van der Waals surface area contributed by atoms with Gasteiger partial charge in [-0.2, -0.15) is 0 Å². The number of aromatic nitrogens is 4. The normalized spacial score (nSPS) is 10.3. The fraction of sp³-hybridized carbons (Fsp3) is 0.167. The number of hydrogen-bond donors (Lipinski definition) is 4. The number of hydrogen-bond acceptors (Lipinski definition) is 4. The molecule has 4 aromatic rings. The van der Waals surface area contributed by atoms with Crippen LogP contribution in [0.2, 0.25) is 0 Å². The highest BCUT2D eigenvalue weighted by atomic mass is 35.5. The lowest BCUT2D eigenvalue weighted by molar-refractivity contribution is -0.692. The molecule has 0 spiro atoms. The molecule has 0 radical (unpaired) electrons. The molecule has 0 fully saturated rings. The Morgan fingerprint density at radius 1 is 0.525 bits per heavy atom. The van der Waals surface area contributed by atoms with E-state index in [1.165, 1.54) is 0 Å². The van der Waals surface area contributed by atoms with E-state index in [0.717, 1.165) is 22.3 Å². The summed E-state index contributed by atoms with van der Waals surface area (Å²) in [6.07, 6.45) is 13.9. The highest BCUT2D eigenvalue weighted by molar-refractivity contribution is 7.51. The Bertz CT molecular complexity index is 1230. The molecular weight excluding hydrogens is 644 g/mol. The Hall–Kier alpha value is -1.94. The van der Waals surface area contributed by atoms with Gasteiger partial charge in [-0.1, -0.05) is 0 Å². The highest BCUT2D eigenvalue weighted by Gasteiger charge is 2.16. The Kier molecular flexibility index (Phi) is 19.3. The van der Waals surface area contributed by atoms with E-state index < -0.39 is 15.2 Å². The van der Waals surface area contributed by atoms with Crippen molar-refractivity contribution in [2.75, 3.05) is 12.3 Å². The molecular formula is C24H30Cl4N4O6P2. The molecule has 4 N–H and O–H groups in total. The zero-order chi connectivity index (χ0) is 26.0. The van der Waals surface area contributed by atoms with E-state index in [9.17, 15) is 9.13 Å². The lowest BCUT2D eigenvalue weighted by Crippen LogP contribution is -3.00. The fourth-order valence-electron chi connectivity index (χ4n) is 3.18. The Balaban J connectivity index is 0. The van der Waals surface area contributed by atoms with Crippen LogP contribution in [-0.2, 0) is 22.2 Å². The second-order valence-electron chi connectivity index (χ2n) is 7.90. The van der Waals surface area contributed by atoms with Gasteiger partial charge in [-0.3, -0.25) is 19.1 Å². The van der Waals surface area contributed by atoms with Crippen LogP contribution in [0.5, 0.6) is 0 Å². The smallest absolute Gasteiger partial charge is 0.331 e. The Morgan fingerprint density at radius 3 is 1.02 bits per heavy atom. The van der Waals surface area contributed by atoms with Crippen LogP contribution in [0.15, 0.2) is 98.1 Å². The van der Waals surface area contributed by atoms with Gasteiger partial charge in [0.15, 0.2) is 37.9 Å². The summed E-state index contributed by atoms with van der Waals surface area (Å²) >= 11 is 0. The van der Waals surface area contributed by atoms with Gasteiger partial charge in [0.25, 0.3) is 0 Å². The van der Waals surface area contributed by atoms with Crippen molar-refractivity contribution in [1.29, 1.82) is 0 Å². The van der Waals surface area contributed by atoms with Gasteiger partial charge in [-0.25, -0.2) is 9.13 Å². The fourth-order valence-corrected chi connectivity index (χ4v) is 4.16. The maximum absolute atomic E-state index is 10.8. The maximum Gasteiger partial charge on any atom is 0.331 e. The Morgan fingerprint density at radius 2 is 0.775 bits per heavy atom. The van der Waals surface area contributed by atoms with Crippen LogP contribution in [0, 0.1) is 0 Å². The molecule has 0 atom stereocenters. The molecule has 40 heavy (non-hydrogen) atoms. The molecule has 0 aliphatic heterocycles. The predicted molar refractivity (Wildman–Crippen MR) is 148 cm³/mol. The van der Waals surface area contributed by atoms with Gasteiger partial charge in [-0.15, -0.1) is 24.8 Å². The average molecular weight is 674 g/mol. The predicted octanol–water partition coefficient (Wildman–Crippen LogP) is -2.72. The van der Waals surface area contributed by atoms with Crippen LogP contribution in [-0.4, -0.2) is 41.9 Å². The first-order valence-corrected chi connectivity index (χ1v) is 14.6. The SMILES string of the molecule is Cl.Cl.O=P(O)(O)CC[n+]1ccc(-c2ccncc2)cc1.O=P(O)(O)CC[n+]1ccc(-c2ccncc2)cc1.[Cl-].[Cl-]. The highest BCUT2D eigenvalue weighted by Crippen LogP contribution is 2.33. The number of pyridine rings is 4. The summed E-state index contributed by atoms with van der Waals surface area (Å²) in [7, 11) is -7.86. The maximum atomic E-state index is 10.8. The standard InChI is InChI=1S/2C12H13N2O3P.4ClH/c2*15-18(16,17)10-9-14-7-3-12(4-8-14)11-1-5-13-6-2-11;;;;/h2*1-8H,9-10H2,(H-,15,16,17);4*1H. The van der Waals surface area contributed by atoms with Gasteiger partial charge >= 0.3 is 15.2 Å². The van der Waals surface area contributed by atoms with Crippen LogP contribution in [0.1, 0.15) is 0 Å². The topological polar surface area (TPSA) is 149 Å². The molecule has 4 aromatic heterocycles. The molecule has 0 aromatic carbocycles. The number of nitrogens with zero attached hydrogens (tertiary/aromatic N) is 4. The molecule has 16 heteroatoms. The third kappa shape index (κ3) is 15.2. The van der Waals surface area contributed by atoms with Gasteiger partial charge in [0.2, 0.25) is 0 Å². The van der Waals surface area contributed by atoms with E-state index in [2.05, 4.69) is 9.97 Å². The van der Waals surface area contributed by atoms with Crippen molar-refractivity contribution < 1.29 is 62.7 Å². The summed E-state index contributed by atoms with van der Waals surface area (Å²) in [4.78, 5) is 43.1. The number of rotatable bonds is 8. The van der Waals surface area contributed by atoms with E-state index in [4.69, 9.17) is 19.6 Å². The summed E-state index contributed by atoms with van der Waals surface area (Å²) in [5, 5.41) is 0. The monoisotopic (exact) mass is 672 g/mol. The lowest BCUT2D eigenvalue weighted by Gasteiger charge is -2.02. The van der Waals surface area contributed by atoms with Crippen molar-refractivity contribution in [3.8, 4) is 22.3 Å². The van der Waals surface area contributed by atoms with E-state index in [-0.39, 0.29) is 62.0 Å². The molecule has 0 saturated heterocycles. The van der Waals surface area contributed by atoms with Crippen molar-refractivity contribution in [3.05, 3.63) is 98.1 Å². The van der Waals surface area contributed by atoms with Crippen LogP contribution in [0.4, 0.5) is 0 Å². The van der Waals surface area contributed by atoms with Crippen LogP contribution >= 0.6 is 40.0 Å². The molecule has 0 saturated carbocycles. The van der Waals surface area contributed by atoms with Gasteiger partial charge < -0.3 is 44.4 Å². The van der Waals surface area contributed by atoms with Crippen LogP contribution in [0.3, 0.4) is 0 Å². The van der Waals surface area contributed by atoms with E-state index >= 15 is 0 Å². The third-order valence-corrected chi connectivity index (χ3v) is 6.67. The first kappa shape index (κ1) is 40.2. The van der Waals surface area contributed by atoms with Crippen LogP contribution in [0.25, 0.3) is 22.3 Å². The Labute approximate surface area is 257 Å². The molecule has 220 valence electrons. The molecule has 10 nitrogen and oxygen atoms in total. The minimum atomic E-state index is -3.93. The van der Waals surface area contributed by atoms with Crippen molar-refractivity contribution in [1.82, 2.24) is 9.97 Å². The van der Waals surface area contributed by atoms with E-state index in [1.807, 2.05) is 73.3 Å². The van der Waals surface area contributed by atoms with Gasteiger partial charge in [-0.05, 0) is 46.5 Å². The summed E-state index contributed by atoms with van der Waals surface area (Å²) in [5.74, 6) is 0. The molecule has 0 bridgehead atoms. The molecule has 0 unspecified atom stereocenters. The van der Waals surface area contributed by atoms with Crippen LogP contribution < -0.4 is 33.9 Å². The zero-order valence-corrected chi connectivity index (χ0v) is 25.9. The van der Waals surface area contributed by atoms with Crippen molar-refractivity contribution in [2.45, 2.75) is 13.1 Å². The molecule has 4 heterocycles. The van der Waals surface area contributed by atoms with Gasteiger partial charge in [0.05, 0.1) is 0 Å². The van der Waals surface area contributed by atoms with E-state index in [1.54, 1.807) is 33.9 Å². The summed E-state index contributed by atoms with van der Waals surface area (Å²) in [6.45, 7) is 0.613. The quantitative estimate of drug-likeness (QED) is 0.117. The molecule has 0 amide bonds. The first-order valence-electron chi connectivity index (χ1n) is 11.0. The van der Waals surface area contributed by atoms with Crippen molar-refractivity contribution >= 4 is 40.0 Å². The molecule has 4 rings (SSSR count). The third-order valence-electron chi connectivity index (χ3n) is 5.11. The second-order valence-corrected chi connectivity index (χ2v) is 11.5. The minimum Gasteiger partial charge on any atom is -1.00 e. The first-order chi connectivity index (χ1) is 17.1.